The first-order chi connectivity index (χ1) is 8.95. The van der Waals surface area contributed by atoms with Crippen LogP contribution in [0.1, 0.15) is 11.1 Å². The zero-order valence-electron chi connectivity index (χ0n) is 9.85. The van der Waals surface area contributed by atoms with Gasteiger partial charge in [-0.25, -0.2) is 8.78 Å². The second kappa shape index (κ2) is 7.22. The number of aliphatic hydroxyl groups is 1. The molecular weight excluding hydrogens is 280 g/mol. The van der Waals surface area contributed by atoms with Crippen LogP contribution in [-0.2, 0) is 6.54 Å². The third-order valence-electron chi connectivity index (χ3n) is 2.42. The number of nitrogens with one attached hydrogen (secondary N) is 1. The minimum Gasteiger partial charge on any atom is -0.409 e. The monoisotopic (exact) mass is 293 g/mol. The van der Waals surface area contributed by atoms with Crippen LogP contribution in [0.4, 0.5) is 8.78 Å². The predicted octanol–water partition coefficient (Wildman–Crippen LogP) is 1.15. The van der Waals surface area contributed by atoms with Crippen LogP contribution >= 0.6 is 11.6 Å². The molecule has 5 nitrogen and oxygen atoms in total. The molecule has 0 fully saturated rings. The van der Waals surface area contributed by atoms with Gasteiger partial charge in [-0.05, 0) is 11.6 Å². The van der Waals surface area contributed by atoms with Crippen LogP contribution in [0.25, 0.3) is 0 Å². The molecule has 19 heavy (non-hydrogen) atoms. The van der Waals surface area contributed by atoms with Gasteiger partial charge in [0.05, 0.1) is 0 Å². The zero-order valence-corrected chi connectivity index (χ0v) is 10.6. The lowest BCUT2D eigenvalue weighted by Crippen LogP contribution is -2.31. The number of amidine groups is 1. The van der Waals surface area contributed by atoms with Crippen LogP contribution in [0.5, 0.6) is 0 Å². The third kappa shape index (κ3) is 4.62. The Labute approximate surface area is 113 Å². The number of benzene rings is 1. The van der Waals surface area contributed by atoms with E-state index in [1.54, 1.807) is 12.1 Å². The molecule has 0 aliphatic heterocycles. The van der Waals surface area contributed by atoms with Gasteiger partial charge >= 0.3 is 0 Å². The molecule has 1 aromatic rings. The lowest BCUT2D eigenvalue weighted by molar-refractivity contribution is -0.00340. The van der Waals surface area contributed by atoms with Crippen LogP contribution in [0, 0.1) is 0 Å². The highest BCUT2D eigenvalue weighted by molar-refractivity contribution is 6.31. The van der Waals surface area contributed by atoms with E-state index in [4.69, 9.17) is 27.6 Å². The summed E-state index contributed by atoms with van der Waals surface area (Å²) in [5.41, 5.74) is 6.49. The van der Waals surface area contributed by atoms with Gasteiger partial charge < -0.3 is 21.4 Å². The summed E-state index contributed by atoms with van der Waals surface area (Å²) in [6, 6.07) is 4.70. The van der Waals surface area contributed by atoms with Gasteiger partial charge in [-0.15, -0.1) is 0 Å². The van der Waals surface area contributed by atoms with Crippen molar-refractivity contribution in [2.75, 3.05) is 6.54 Å². The molecular formula is C11H14ClF2N3O2. The molecule has 0 saturated carbocycles. The molecule has 0 aliphatic rings. The number of nitrogens with zero attached hydrogens (tertiary/aromatic N) is 1. The highest BCUT2D eigenvalue weighted by Crippen LogP contribution is 2.17. The van der Waals surface area contributed by atoms with Crippen molar-refractivity contribution < 1.29 is 19.1 Å². The summed E-state index contributed by atoms with van der Waals surface area (Å²) in [5, 5.41) is 23.3. The molecule has 0 aliphatic carbocycles. The molecule has 5 N–H and O–H groups in total. The van der Waals surface area contributed by atoms with E-state index in [0.717, 1.165) is 0 Å². The summed E-state index contributed by atoms with van der Waals surface area (Å²) in [4.78, 5) is 0. The Kier molecular flexibility index (Phi) is 5.94. The highest BCUT2D eigenvalue weighted by atomic mass is 35.5. The van der Waals surface area contributed by atoms with Crippen molar-refractivity contribution in [3.05, 3.63) is 34.3 Å². The fraction of sp³-hybridized carbons (Fsp3) is 0.364. The fourth-order valence-corrected chi connectivity index (χ4v) is 1.60. The van der Waals surface area contributed by atoms with Crippen LogP contribution in [0.15, 0.2) is 23.4 Å². The van der Waals surface area contributed by atoms with Crippen molar-refractivity contribution in [2.45, 2.75) is 19.1 Å². The van der Waals surface area contributed by atoms with Crippen molar-refractivity contribution in [3.63, 3.8) is 0 Å². The number of hydrogen-bond donors (Lipinski definition) is 4. The van der Waals surface area contributed by atoms with Crippen molar-refractivity contribution in [2.24, 2.45) is 10.9 Å². The maximum absolute atomic E-state index is 12.0. The molecule has 0 bridgehead atoms. The van der Waals surface area contributed by atoms with Gasteiger partial charge in [0.2, 0.25) is 0 Å². The second-order valence-corrected chi connectivity index (χ2v) is 4.23. The molecule has 1 aromatic carbocycles. The standard InChI is InChI=1S/C11H14ClF2N3O2/c12-8-3-6(11(15)17-19)1-2-7(8)4-16-5-9(18)10(13)14/h1-3,9-10,16,18-19H,4-5H2,(H2,15,17). The summed E-state index contributed by atoms with van der Waals surface area (Å²) in [6.07, 6.45) is -4.50. The Morgan fingerprint density at radius 2 is 2.16 bits per heavy atom. The lowest BCUT2D eigenvalue weighted by atomic mass is 10.1. The Balaban J connectivity index is 2.61. The number of hydrogen-bond acceptors (Lipinski definition) is 4. The van der Waals surface area contributed by atoms with Gasteiger partial charge in [-0.3, -0.25) is 0 Å². The SMILES string of the molecule is N/C(=N/O)c1ccc(CNCC(O)C(F)F)c(Cl)c1. The average Bonchev–Trinajstić information content (AvgIpc) is 2.39. The highest BCUT2D eigenvalue weighted by Gasteiger charge is 2.15. The molecule has 0 aromatic heterocycles. The molecule has 0 radical (unpaired) electrons. The Hall–Kier alpha value is -1.44. The topological polar surface area (TPSA) is 90.9 Å². The van der Waals surface area contributed by atoms with Crippen molar-refractivity contribution in [1.82, 2.24) is 5.32 Å². The lowest BCUT2D eigenvalue weighted by Gasteiger charge is -2.11. The molecule has 0 spiro atoms. The van der Waals surface area contributed by atoms with E-state index in [-0.39, 0.29) is 18.9 Å². The average molecular weight is 294 g/mol. The van der Waals surface area contributed by atoms with Gasteiger partial charge in [0, 0.05) is 23.7 Å². The summed E-state index contributed by atoms with van der Waals surface area (Å²) >= 11 is 5.97. The molecule has 0 saturated heterocycles. The van der Waals surface area contributed by atoms with Crippen LogP contribution in [0.3, 0.4) is 0 Å². The van der Waals surface area contributed by atoms with E-state index in [9.17, 15) is 8.78 Å². The van der Waals surface area contributed by atoms with Gasteiger partial charge in [0.1, 0.15) is 6.10 Å². The second-order valence-electron chi connectivity index (χ2n) is 3.82. The molecule has 1 unspecified atom stereocenters. The largest absolute Gasteiger partial charge is 0.409 e. The van der Waals surface area contributed by atoms with Crippen LogP contribution < -0.4 is 11.1 Å². The molecule has 1 rings (SSSR count). The summed E-state index contributed by atoms with van der Waals surface area (Å²) in [7, 11) is 0. The summed E-state index contributed by atoms with van der Waals surface area (Å²) in [6.45, 7) is -0.0188. The van der Waals surface area contributed by atoms with Gasteiger partial charge in [0.25, 0.3) is 6.43 Å². The molecule has 1 atom stereocenters. The van der Waals surface area contributed by atoms with Crippen LogP contribution in [-0.4, -0.2) is 35.2 Å². The first-order valence-corrected chi connectivity index (χ1v) is 5.76. The van der Waals surface area contributed by atoms with E-state index in [1.807, 2.05) is 0 Å². The quantitative estimate of drug-likeness (QED) is 0.274. The number of aliphatic hydroxyl groups excluding tert-OH is 1. The number of nitrogens with two attached hydrogens (primary N) is 1. The van der Waals surface area contributed by atoms with Crippen molar-refractivity contribution in [1.29, 1.82) is 0 Å². The minimum atomic E-state index is -2.79. The molecule has 0 heterocycles. The van der Waals surface area contributed by atoms with E-state index < -0.39 is 12.5 Å². The zero-order chi connectivity index (χ0) is 14.4. The number of rotatable bonds is 6. The fourth-order valence-electron chi connectivity index (χ4n) is 1.35. The van der Waals surface area contributed by atoms with E-state index >= 15 is 0 Å². The van der Waals surface area contributed by atoms with Gasteiger partial charge in [-0.1, -0.05) is 28.9 Å². The molecule has 0 amide bonds. The molecule has 106 valence electrons. The number of alkyl halides is 2. The van der Waals surface area contributed by atoms with E-state index in [1.165, 1.54) is 6.07 Å². The Bertz CT molecular complexity index is 458. The maximum atomic E-state index is 12.0. The number of oxime groups is 1. The smallest absolute Gasteiger partial charge is 0.265 e. The Morgan fingerprint density at radius 3 is 2.68 bits per heavy atom. The third-order valence-corrected chi connectivity index (χ3v) is 2.77. The first-order valence-electron chi connectivity index (χ1n) is 5.39. The number of halogens is 3. The van der Waals surface area contributed by atoms with E-state index in [2.05, 4.69) is 10.5 Å². The normalized spacial score (nSPS) is 13.8. The summed E-state index contributed by atoms with van der Waals surface area (Å²) in [5.74, 6) is -0.0745. The van der Waals surface area contributed by atoms with Gasteiger partial charge in [-0.2, -0.15) is 0 Å². The van der Waals surface area contributed by atoms with Crippen molar-refractivity contribution >= 4 is 17.4 Å². The molecule has 8 heteroatoms. The van der Waals surface area contributed by atoms with Crippen LogP contribution in [0.2, 0.25) is 5.02 Å². The summed E-state index contributed by atoms with van der Waals surface area (Å²) < 4.78 is 24.1. The van der Waals surface area contributed by atoms with Crippen molar-refractivity contribution in [3.8, 4) is 0 Å². The maximum Gasteiger partial charge on any atom is 0.265 e. The Morgan fingerprint density at radius 1 is 1.47 bits per heavy atom. The minimum absolute atomic E-state index is 0.0745. The van der Waals surface area contributed by atoms with Gasteiger partial charge in [0.15, 0.2) is 5.84 Å². The van der Waals surface area contributed by atoms with E-state index in [0.29, 0.717) is 16.1 Å². The predicted molar refractivity (Wildman–Crippen MR) is 67.7 cm³/mol. The first kappa shape index (κ1) is 15.6.